The molecule has 1 amide bonds. The van der Waals surface area contributed by atoms with Crippen LogP contribution in [0.2, 0.25) is 0 Å². The van der Waals surface area contributed by atoms with Crippen molar-refractivity contribution >= 4 is 11.8 Å². The molecule has 114 valence electrons. The fourth-order valence-corrected chi connectivity index (χ4v) is 2.33. The first-order valence-electron chi connectivity index (χ1n) is 7.11. The van der Waals surface area contributed by atoms with E-state index in [1.807, 2.05) is 30.3 Å². The fourth-order valence-electron chi connectivity index (χ4n) is 2.33. The zero-order chi connectivity index (χ0) is 15.4. The Morgan fingerprint density at radius 1 is 1.14 bits per heavy atom. The molecule has 1 fully saturated rings. The molecule has 2 aromatic carbocycles. The third-order valence-electron chi connectivity index (χ3n) is 3.45. The van der Waals surface area contributed by atoms with Crippen LogP contribution in [0.15, 0.2) is 54.6 Å². The standard InChI is InChI=1S/C17H17NO4/c19-15-8-6-14(7-9-15)18-10-16(22-17(18)20)12-21-11-13-4-2-1-3-5-13/h1-9,16,19H,10-12H2. The Balaban J connectivity index is 1.52. The number of phenols is 1. The van der Waals surface area contributed by atoms with E-state index in [2.05, 4.69) is 0 Å². The van der Waals surface area contributed by atoms with E-state index in [0.717, 1.165) is 5.56 Å². The molecule has 0 radical (unpaired) electrons. The van der Waals surface area contributed by atoms with Crippen molar-refractivity contribution in [3.63, 3.8) is 0 Å². The maximum absolute atomic E-state index is 11.9. The van der Waals surface area contributed by atoms with E-state index in [1.165, 1.54) is 4.90 Å². The molecule has 1 aliphatic heterocycles. The molecule has 1 heterocycles. The Morgan fingerprint density at radius 2 is 1.86 bits per heavy atom. The number of hydrogen-bond acceptors (Lipinski definition) is 4. The highest BCUT2D eigenvalue weighted by molar-refractivity contribution is 5.89. The normalized spacial score (nSPS) is 17.5. The number of nitrogens with zero attached hydrogens (tertiary/aromatic N) is 1. The first-order chi connectivity index (χ1) is 10.7. The molecule has 1 unspecified atom stereocenters. The lowest BCUT2D eigenvalue weighted by molar-refractivity contribution is 0.0381. The minimum atomic E-state index is -0.390. The van der Waals surface area contributed by atoms with Crippen LogP contribution in [0.4, 0.5) is 10.5 Å². The summed E-state index contributed by atoms with van der Waals surface area (Å²) in [6.07, 6.45) is -0.677. The topological polar surface area (TPSA) is 59.0 Å². The second-order valence-electron chi connectivity index (χ2n) is 5.13. The molecule has 1 N–H and O–H groups in total. The van der Waals surface area contributed by atoms with Crippen LogP contribution >= 0.6 is 0 Å². The van der Waals surface area contributed by atoms with Crippen LogP contribution in [0, 0.1) is 0 Å². The molecular formula is C17H17NO4. The number of aromatic hydroxyl groups is 1. The van der Waals surface area contributed by atoms with E-state index < -0.39 is 0 Å². The van der Waals surface area contributed by atoms with Crippen molar-refractivity contribution in [3.05, 3.63) is 60.2 Å². The number of phenolic OH excluding ortho intramolecular Hbond substituents is 1. The molecule has 0 aliphatic carbocycles. The van der Waals surface area contributed by atoms with Gasteiger partial charge in [0.15, 0.2) is 0 Å². The molecule has 0 spiro atoms. The van der Waals surface area contributed by atoms with Gasteiger partial charge in [-0.2, -0.15) is 0 Å². The minimum absolute atomic E-state index is 0.166. The zero-order valence-corrected chi connectivity index (χ0v) is 12.0. The molecular weight excluding hydrogens is 282 g/mol. The summed E-state index contributed by atoms with van der Waals surface area (Å²) in [6, 6.07) is 16.3. The number of hydrogen-bond donors (Lipinski definition) is 1. The number of anilines is 1. The number of ether oxygens (including phenoxy) is 2. The molecule has 1 atom stereocenters. The summed E-state index contributed by atoms with van der Waals surface area (Å²) in [4.78, 5) is 13.4. The van der Waals surface area contributed by atoms with Crippen LogP contribution in [0.5, 0.6) is 5.75 Å². The summed E-state index contributed by atoms with van der Waals surface area (Å²) >= 11 is 0. The Hall–Kier alpha value is -2.53. The van der Waals surface area contributed by atoms with Crippen molar-refractivity contribution in [2.45, 2.75) is 12.7 Å². The van der Waals surface area contributed by atoms with Crippen molar-refractivity contribution < 1.29 is 19.4 Å². The molecule has 5 nitrogen and oxygen atoms in total. The van der Waals surface area contributed by atoms with E-state index in [0.29, 0.717) is 25.4 Å². The largest absolute Gasteiger partial charge is 0.508 e. The maximum atomic E-state index is 11.9. The highest BCUT2D eigenvalue weighted by Gasteiger charge is 2.32. The summed E-state index contributed by atoms with van der Waals surface area (Å²) in [5.74, 6) is 0.166. The van der Waals surface area contributed by atoms with Gasteiger partial charge >= 0.3 is 6.09 Å². The van der Waals surface area contributed by atoms with Crippen LogP contribution < -0.4 is 4.90 Å². The Morgan fingerprint density at radius 3 is 2.59 bits per heavy atom. The van der Waals surface area contributed by atoms with Gasteiger partial charge in [-0.05, 0) is 29.8 Å². The molecule has 0 saturated carbocycles. The minimum Gasteiger partial charge on any atom is -0.508 e. The van der Waals surface area contributed by atoms with Crippen LogP contribution in [0.3, 0.4) is 0 Å². The summed E-state index contributed by atoms with van der Waals surface area (Å²) in [5, 5.41) is 9.29. The second-order valence-corrected chi connectivity index (χ2v) is 5.13. The molecule has 22 heavy (non-hydrogen) atoms. The van der Waals surface area contributed by atoms with Gasteiger partial charge in [0.2, 0.25) is 0 Å². The maximum Gasteiger partial charge on any atom is 0.414 e. The highest BCUT2D eigenvalue weighted by atomic mass is 16.6. The van der Waals surface area contributed by atoms with Gasteiger partial charge in [-0.1, -0.05) is 30.3 Å². The lowest BCUT2D eigenvalue weighted by Crippen LogP contribution is -2.25. The molecule has 5 heteroatoms. The van der Waals surface area contributed by atoms with Crippen molar-refractivity contribution in [2.24, 2.45) is 0 Å². The van der Waals surface area contributed by atoms with E-state index in [-0.39, 0.29) is 17.9 Å². The lowest BCUT2D eigenvalue weighted by Gasteiger charge is -2.13. The van der Waals surface area contributed by atoms with Gasteiger partial charge < -0.3 is 14.6 Å². The third-order valence-corrected chi connectivity index (χ3v) is 3.45. The molecule has 2 aromatic rings. The number of rotatable bonds is 5. The highest BCUT2D eigenvalue weighted by Crippen LogP contribution is 2.23. The van der Waals surface area contributed by atoms with Crippen LogP contribution in [-0.4, -0.2) is 30.5 Å². The smallest absolute Gasteiger partial charge is 0.414 e. The van der Waals surface area contributed by atoms with E-state index in [4.69, 9.17) is 9.47 Å². The van der Waals surface area contributed by atoms with Crippen molar-refractivity contribution in [3.8, 4) is 5.75 Å². The molecule has 3 rings (SSSR count). The number of carbonyl (C=O) groups excluding carboxylic acids is 1. The zero-order valence-electron chi connectivity index (χ0n) is 12.0. The van der Waals surface area contributed by atoms with Crippen LogP contribution in [-0.2, 0) is 16.1 Å². The molecule has 0 bridgehead atoms. The average Bonchev–Trinajstić information content (AvgIpc) is 2.90. The number of carbonyl (C=O) groups is 1. The van der Waals surface area contributed by atoms with Gasteiger partial charge in [0.1, 0.15) is 11.9 Å². The predicted octanol–water partition coefficient (Wildman–Crippen LogP) is 2.93. The first-order valence-corrected chi connectivity index (χ1v) is 7.11. The second kappa shape index (κ2) is 6.49. The fraction of sp³-hybridized carbons (Fsp3) is 0.235. The van der Waals surface area contributed by atoms with Gasteiger partial charge in [-0.3, -0.25) is 4.90 Å². The third kappa shape index (κ3) is 3.38. The lowest BCUT2D eigenvalue weighted by atomic mass is 10.2. The van der Waals surface area contributed by atoms with Crippen molar-refractivity contribution in [1.82, 2.24) is 0 Å². The van der Waals surface area contributed by atoms with Crippen LogP contribution in [0.25, 0.3) is 0 Å². The van der Waals surface area contributed by atoms with E-state index in [9.17, 15) is 9.90 Å². The molecule has 0 aromatic heterocycles. The summed E-state index contributed by atoms with van der Waals surface area (Å²) in [6.45, 7) is 1.29. The van der Waals surface area contributed by atoms with E-state index >= 15 is 0 Å². The molecule has 1 saturated heterocycles. The van der Waals surface area contributed by atoms with Gasteiger partial charge in [-0.15, -0.1) is 0 Å². The summed E-state index contributed by atoms with van der Waals surface area (Å²) < 4.78 is 10.9. The SMILES string of the molecule is O=C1OC(COCc2ccccc2)CN1c1ccc(O)cc1. The summed E-state index contributed by atoms with van der Waals surface area (Å²) in [7, 11) is 0. The Labute approximate surface area is 128 Å². The van der Waals surface area contributed by atoms with Gasteiger partial charge in [0, 0.05) is 5.69 Å². The van der Waals surface area contributed by atoms with Crippen LogP contribution in [0.1, 0.15) is 5.56 Å². The number of benzene rings is 2. The Kier molecular flexibility index (Phi) is 4.25. The predicted molar refractivity (Wildman–Crippen MR) is 81.8 cm³/mol. The first kappa shape index (κ1) is 14.4. The number of cyclic esters (lactones) is 1. The number of amides is 1. The van der Waals surface area contributed by atoms with Gasteiger partial charge in [0.05, 0.1) is 19.8 Å². The van der Waals surface area contributed by atoms with Gasteiger partial charge in [0.25, 0.3) is 0 Å². The van der Waals surface area contributed by atoms with Crippen molar-refractivity contribution in [2.75, 3.05) is 18.1 Å². The average molecular weight is 299 g/mol. The molecule has 1 aliphatic rings. The van der Waals surface area contributed by atoms with Crippen molar-refractivity contribution in [1.29, 1.82) is 0 Å². The van der Waals surface area contributed by atoms with E-state index in [1.54, 1.807) is 24.3 Å². The van der Waals surface area contributed by atoms with Gasteiger partial charge in [-0.25, -0.2) is 4.79 Å². The Bertz CT molecular complexity index is 627. The summed E-state index contributed by atoms with van der Waals surface area (Å²) in [5.41, 5.74) is 1.79. The quantitative estimate of drug-likeness (QED) is 0.922. The monoisotopic (exact) mass is 299 g/mol.